The Morgan fingerprint density at radius 1 is 1.12 bits per heavy atom. The summed E-state index contributed by atoms with van der Waals surface area (Å²) in [7, 11) is -6.10. The van der Waals surface area contributed by atoms with Crippen molar-refractivity contribution in [3.63, 3.8) is 0 Å². The standard InChI is InChI=1S/C37H49ClN2O7S2/c1-36(2,3)48(42,43)19-17-29-9-5-6-10-33(46-4)30-14-11-27(30)22-40-23-37(18-7-8-25-20-28(38)13-15-31(25)37)24-47-34-16-12-26(21-32(34)40)35(41)39-49(29,44)45/h6,10,12-13,15-16,20-21,27,29-30,33H,5,7-9,11,14,17-19,22-24H2,1-4H3,(H,39,41)/b10-6+/t27-,29-,30+,33-,37-/m0/s1. The topological polar surface area (TPSA) is 119 Å². The largest absolute Gasteiger partial charge is 0.490 e. The van der Waals surface area contributed by atoms with Crippen LogP contribution >= 0.6 is 11.6 Å². The maximum atomic E-state index is 13.8. The molecule has 0 unspecified atom stereocenters. The normalized spacial score (nSPS) is 29.4. The monoisotopic (exact) mass is 732 g/mol. The predicted octanol–water partition coefficient (Wildman–Crippen LogP) is 6.24. The van der Waals surface area contributed by atoms with Gasteiger partial charge in [-0.3, -0.25) is 4.79 Å². The van der Waals surface area contributed by atoms with Crippen LogP contribution in [0.2, 0.25) is 5.02 Å². The zero-order valence-electron chi connectivity index (χ0n) is 28.9. The van der Waals surface area contributed by atoms with Gasteiger partial charge in [-0.1, -0.05) is 29.8 Å². The highest BCUT2D eigenvalue weighted by Gasteiger charge is 2.44. The summed E-state index contributed by atoms with van der Waals surface area (Å²) in [5, 5.41) is -0.359. The molecule has 268 valence electrons. The number of fused-ring (bicyclic) bond motifs is 4. The highest BCUT2D eigenvalue weighted by atomic mass is 35.5. The number of benzene rings is 2. The molecule has 1 amide bonds. The van der Waals surface area contributed by atoms with Crippen LogP contribution in [0.1, 0.15) is 87.2 Å². The van der Waals surface area contributed by atoms with Crippen molar-refractivity contribution in [2.75, 3.05) is 37.5 Å². The van der Waals surface area contributed by atoms with E-state index in [1.807, 2.05) is 18.2 Å². The third kappa shape index (κ3) is 7.41. The van der Waals surface area contributed by atoms with E-state index in [9.17, 15) is 21.6 Å². The van der Waals surface area contributed by atoms with Gasteiger partial charge in [-0.25, -0.2) is 21.6 Å². The Balaban J connectivity index is 1.38. The Kier molecular flexibility index (Phi) is 10.2. The van der Waals surface area contributed by atoms with Crippen LogP contribution in [0, 0.1) is 11.8 Å². The van der Waals surface area contributed by atoms with Crippen LogP contribution in [0.3, 0.4) is 0 Å². The quantitative estimate of drug-likeness (QED) is 0.368. The van der Waals surface area contributed by atoms with Gasteiger partial charge in [-0.2, -0.15) is 0 Å². The molecule has 49 heavy (non-hydrogen) atoms. The second-order valence-electron chi connectivity index (χ2n) is 15.3. The first-order valence-electron chi connectivity index (χ1n) is 17.4. The molecule has 0 aromatic heterocycles. The van der Waals surface area contributed by atoms with Gasteiger partial charge in [0.1, 0.15) is 5.75 Å². The van der Waals surface area contributed by atoms with Crippen LogP contribution in [-0.4, -0.2) is 71.4 Å². The Morgan fingerprint density at radius 3 is 2.63 bits per heavy atom. The summed E-state index contributed by atoms with van der Waals surface area (Å²) in [5.74, 6) is 0.228. The molecule has 1 fully saturated rings. The fraction of sp³-hybridized carbons (Fsp3) is 0.595. The SMILES string of the molecule is CO[C@H]1/C=C/CC[C@@H](CCS(=O)(=O)C(C)(C)C)S(=O)(=O)NC(=O)c2ccc3c(c2)N(C[C@@H]2CC[C@H]21)C[C@@]1(CCCc2cc(Cl)ccc21)CO3. The minimum absolute atomic E-state index is 0.116. The van der Waals surface area contributed by atoms with Crippen LogP contribution in [-0.2, 0) is 36.4 Å². The fourth-order valence-electron chi connectivity index (χ4n) is 8.02. The molecule has 0 saturated heterocycles. The summed E-state index contributed by atoms with van der Waals surface area (Å²) in [5.41, 5.74) is 3.16. The zero-order valence-corrected chi connectivity index (χ0v) is 31.3. The summed E-state index contributed by atoms with van der Waals surface area (Å²) in [6, 6.07) is 11.3. The van der Waals surface area contributed by atoms with E-state index in [4.69, 9.17) is 21.1 Å². The molecule has 1 saturated carbocycles. The first-order chi connectivity index (χ1) is 23.1. The Hall–Kier alpha value is -2.60. The van der Waals surface area contributed by atoms with Crippen molar-refractivity contribution in [3.8, 4) is 5.75 Å². The number of ether oxygens (including phenoxy) is 2. The maximum absolute atomic E-state index is 13.8. The van der Waals surface area contributed by atoms with E-state index in [0.29, 0.717) is 31.2 Å². The number of methoxy groups -OCH3 is 1. The Bertz CT molecular complexity index is 1820. The molecule has 4 aliphatic rings. The molecule has 5 atom stereocenters. The number of hydrogen-bond acceptors (Lipinski definition) is 8. The van der Waals surface area contributed by atoms with Crippen LogP contribution in [0.15, 0.2) is 48.6 Å². The van der Waals surface area contributed by atoms with Gasteiger partial charge < -0.3 is 14.4 Å². The number of amides is 1. The summed E-state index contributed by atoms with van der Waals surface area (Å²) in [6.45, 7) is 6.71. The molecule has 1 spiro atoms. The number of hydrogen-bond donors (Lipinski definition) is 1. The van der Waals surface area contributed by atoms with Gasteiger partial charge in [0.2, 0.25) is 10.0 Å². The van der Waals surface area contributed by atoms with E-state index in [0.717, 1.165) is 49.4 Å². The molecule has 9 nitrogen and oxygen atoms in total. The minimum Gasteiger partial charge on any atom is -0.490 e. The molecule has 2 aromatic carbocycles. The van der Waals surface area contributed by atoms with Gasteiger partial charge in [-0.05, 0) is 125 Å². The highest BCUT2D eigenvalue weighted by Crippen LogP contribution is 2.47. The van der Waals surface area contributed by atoms with Crippen molar-refractivity contribution < 1.29 is 31.1 Å². The summed E-state index contributed by atoms with van der Waals surface area (Å²) in [6.07, 6.45) is 9.26. The Labute approximate surface area is 296 Å². The van der Waals surface area contributed by atoms with E-state index in [-0.39, 0.29) is 41.6 Å². The number of nitrogens with zero attached hydrogens (tertiary/aromatic N) is 1. The molecular formula is C37H49ClN2O7S2. The van der Waals surface area contributed by atoms with Gasteiger partial charge in [0, 0.05) is 36.2 Å². The number of rotatable bonds is 4. The van der Waals surface area contributed by atoms with Crippen molar-refractivity contribution >= 4 is 43.1 Å². The lowest BCUT2D eigenvalue weighted by atomic mass is 9.68. The molecule has 2 aliphatic carbocycles. The third-order valence-corrected chi connectivity index (χ3v) is 15.9. The number of sulfone groups is 1. The number of allylic oxidation sites excluding steroid dienone is 1. The number of anilines is 1. The van der Waals surface area contributed by atoms with Crippen molar-refractivity contribution in [1.29, 1.82) is 0 Å². The second kappa shape index (κ2) is 13.8. The molecule has 0 radical (unpaired) electrons. The second-order valence-corrected chi connectivity index (χ2v) is 20.6. The molecular weight excluding hydrogens is 684 g/mol. The molecule has 2 heterocycles. The number of carbonyl (C=O) groups excluding carboxylic acids is 1. The summed E-state index contributed by atoms with van der Waals surface area (Å²) >= 11 is 6.42. The average Bonchev–Trinajstić information content (AvgIpc) is 3.17. The van der Waals surface area contributed by atoms with Gasteiger partial charge in [0.25, 0.3) is 5.91 Å². The van der Waals surface area contributed by atoms with Crippen molar-refractivity contribution in [3.05, 3.63) is 70.3 Å². The number of sulfonamides is 1. The predicted molar refractivity (Wildman–Crippen MR) is 194 cm³/mol. The number of halogens is 1. The molecule has 6 rings (SSSR count). The molecule has 2 aromatic rings. The third-order valence-electron chi connectivity index (χ3n) is 11.2. The molecule has 2 aliphatic heterocycles. The van der Waals surface area contributed by atoms with E-state index in [1.165, 1.54) is 11.1 Å². The highest BCUT2D eigenvalue weighted by molar-refractivity contribution is 7.93. The van der Waals surface area contributed by atoms with E-state index in [2.05, 4.69) is 21.8 Å². The van der Waals surface area contributed by atoms with Gasteiger partial charge >= 0.3 is 0 Å². The van der Waals surface area contributed by atoms with Crippen molar-refractivity contribution in [2.45, 2.75) is 93.7 Å². The smallest absolute Gasteiger partial charge is 0.264 e. The fourth-order valence-corrected chi connectivity index (χ4v) is 11.0. The van der Waals surface area contributed by atoms with Crippen LogP contribution < -0.4 is 14.4 Å². The lowest BCUT2D eigenvalue weighted by molar-refractivity contribution is 0.0132. The summed E-state index contributed by atoms with van der Waals surface area (Å²) in [4.78, 5) is 16.0. The minimum atomic E-state index is -4.23. The van der Waals surface area contributed by atoms with Gasteiger partial charge in [0.15, 0.2) is 9.84 Å². The van der Waals surface area contributed by atoms with E-state index in [1.54, 1.807) is 46.1 Å². The van der Waals surface area contributed by atoms with Crippen LogP contribution in [0.5, 0.6) is 5.75 Å². The van der Waals surface area contributed by atoms with Gasteiger partial charge in [0.05, 0.1) is 34.1 Å². The number of aryl methyl sites for hydroxylation is 1. The zero-order chi connectivity index (χ0) is 35.2. The molecule has 2 bridgehead atoms. The first-order valence-corrected chi connectivity index (χ1v) is 21.0. The maximum Gasteiger partial charge on any atom is 0.264 e. The molecule has 12 heteroatoms. The lowest BCUT2D eigenvalue weighted by Crippen LogP contribution is -2.49. The average molecular weight is 733 g/mol. The Morgan fingerprint density at radius 2 is 1.92 bits per heavy atom. The number of carbonyl (C=O) groups is 1. The van der Waals surface area contributed by atoms with E-state index < -0.39 is 35.8 Å². The van der Waals surface area contributed by atoms with Crippen molar-refractivity contribution in [2.24, 2.45) is 11.8 Å². The summed E-state index contributed by atoms with van der Waals surface area (Å²) < 4.78 is 67.3. The molecule has 1 N–H and O–H groups in total. The van der Waals surface area contributed by atoms with Crippen LogP contribution in [0.25, 0.3) is 0 Å². The lowest BCUT2D eigenvalue weighted by Gasteiger charge is -2.46. The van der Waals surface area contributed by atoms with Crippen molar-refractivity contribution in [1.82, 2.24) is 4.72 Å². The van der Waals surface area contributed by atoms with Gasteiger partial charge in [-0.15, -0.1) is 0 Å². The number of nitrogens with one attached hydrogen (secondary N) is 1. The van der Waals surface area contributed by atoms with E-state index >= 15 is 0 Å². The first kappa shape index (κ1) is 36.2. The van der Waals surface area contributed by atoms with Crippen LogP contribution in [0.4, 0.5) is 5.69 Å².